The van der Waals surface area contributed by atoms with E-state index in [-0.39, 0.29) is 0 Å². The minimum Gasteiger partial charge on any atom is -0.366 e. The van der Waals surface area contributed by atoms with E-state index < -0.39 is 0 Å². The zero-order chi connectivity index (χ0) is 12.5. The Morgan fingerprint density at radius 2 is 2.33 bits per heavy atom. The van der Waals surface area contributed by atoms with Crippen LogP contribution in [0.1, 0.15) is 24.0 Å². The molecular formula is C14H13N3S. The molecule has 1 saturated carbocycles. The molecular weight excluding hydrogens is 242 g/mol. The van der Waals surface area contributed by atoms with Crippen molar-refractivity contribution in [1.82, 2.24) is 4.98 Å². The molecule has 0 aromatic carbocycles. The fourth-order valence-electron chi connectivity index (χ4n) is 1.89. The second-order valence-corrected chi connectivity index (χ2v) is 5.51. The highest BCUT2D eigenvalue weighted by Gasteiger charge is 2.23. The fourth-order valence-corrected chi connectivity index (χ4v) is 2.67. The number of rotatable bonds is 3. The Hall–Kier alpha value is -1.86. The van der Waals surface area contributed by atoms with Crippen molar-refractivity contribution >= 4 is 17.2 Å². The Kier molecular flexibility index (Phi) is 2.77. The van der Waals surface area contributed by atoms with Crippen LogP contribution >= 0.6 is 11.3 Å². The lowest BCUT2D eigenvalue weighted by Gasteiger charge is -2.10. The van der Waals surface area contributed by atoms with Crippen molar-refractivity contribution in [2.75, 3.05) is 5.32 Å². The topological polar surface area (TPSA) is 48.7 Å². The molecule has 0 atom stereocenters. The molecule has 1 fully saturated rings. The number of hydrogen-bond donors (Lipinski definition) is 1. The minimum atomic E-state index is 0.503. The predicted molar refractivity (Wildman–Crippen MR) is 73.6 cm³/mol. The van der Waals surface area contributed by atoms with Crippen LogP contribution in [0, 0.1) is 18.3 Å². The summed E-state index contributed by atoms with van der Waals surface area (Å²) in [5.74, 6) is 0.731. The Morgan fingerprint density at radius 3 is 2.94 bits per heavy atom. The molecule has 3 rings (SSSR count). The lowest BCUT2D eigenvalue weighted by Crippen LogP contribution is -2.06. The van der Waals surface area contributed by atoms with Gasteiger partial charge >= 0.3 is 0 Å². The first-order chi connectivity index (χ1) is 8.78. The second kappa shape index (κ2) is 4.43. The molecule has 0 saturated heterocycles. The highest BCUT2D eigenvalue weighted by molar-refractivity contribution is 7.13. The zero-order valence-electron chi connectivity index (χ0n) is 10.1. The zero-order valence-corrected chi connectivity index (χ0v) is 10.9. The minimum absolute atomic E-state index is 0.503. The molecule has 1 aliphatic carbocycles. The van der Waals surface area contributed by atoms with E-state index in [4.69, 9.17) is 0 Å². The lowest BCUT2D eigenvalue weighted by molar-refractivity contribution is 1.10. The van der Waals surface area contributed by atoms with E-state index >= 15 is 0 Å². The molecule has 2 aromatic heterocycles. The second-order valence-electron chi connectivity index (χ2n) is 4.56. The summed E-state index contributed by atoms with van der Waals surface area (Å²) in [6.45, 7) is 2.00. The molecule has 2 heterocycles. The fraction of sp³-hybridized carbons (Fsp3) is 0.286. The largest absolute Gasteiger partial charge is 0.366 e. The van der Waals surface area contributed by atoms with Gasteiger partial charge in [0.1, 0.15) is 11.9 Å². The first-order valence-corrected chi connectivity index (χ1v) is 6.88. The summed E-state index contributed by atoms with van der Waals surface area (Å²) >= 11 is 1.67. The summed E-state index contributed by atoms with van der Waals surface area (Å²) in [7, 11) is 0. The van der Waals surface area contributed by atoms with Crippen LogP contribution in [-0.2, 0) is 0 Å². The van der Waals surface area contributed by atoms with E-state index in [1.54, 1.807) is 11.3 Å². The number of aromatic nitrogens is 1. The molecule has 0 bridgehead atoms. The Labute approximate surface area is 110 Å². The molecule has 3 nitrogen and oxygen atoms in total. The van der Waals surface area contributed by atoms with Gasteiger partial charge < -0.3 is 5.32 Å². The van der Waals surface area contributed by atoms with Crippen LogP contribution in [0.25, 0.3) is 10.6 Å². The molecule has 0 amide bonds. The molecule has 0 spiro atoms. The third kappa shape index (κ3) is 2.09. The van der Waals surface area contributed by atoms with Gasteiger partial charge in [0.25, 0.3) is 0 Å². The van der Waals surface area contributed by atoms with Crippen LogP contribution in [0.2, 0.25) is 0 Å². The van der Waals surface area contributed by atoms with Gasteiger partial charge in [-0.15, -0.1) is 11.3 Å². The van der Waals surface area contributed by atoms with Gasteiger partial charge in [0.05, 0.1) is 16.1 Å². The van der Waals surface area contributed by atoms with Gasteiger partial charge in [-0.1, -0.05) is 6.07 Å². The smallest absolute Gasteiger partial charge is 0.144 e. The number of thiophene rings is 1. The molecule has 1 N–H and O–H groups in total. The monoisotopic (exact) mass is 255 g/mol. The SMILES string of the molecule is Cc1cc(C#N)c(NC2CC2)nc1-c1cccs1. The molecule has 0 radical (unpaired) electrons. The first-order valence-electron chi connectivity index (χ1n) is 6.00. The maximum Gasteiger partial charge on any atom is 0.144 e. The summed E-state index contributed by atoms with van der Waals surface area (Å²) in [6.07, 6.45) is 2.35. The Balaban J connectivity index is 2.06. The molecule has 4 heteroatoms. The number of anilines is 1. The highest BCUT2D eigenvalue weighted by Crippen LogP contribution is 2.31. The number of nitrogens with zero attached hydrogens (tertiary/aromatic N) is 2. The van der Waals surface area contributed by atoms with Gasteiger partial charge in [-0.05, 0) is 42.8 Å². The lowest BCUT2D eigenvalue weighted by atomic mass is 10.1. The van der Waals surface area contributed by atoms with E-state index in [9.17, 15) is 5.26 Å². The summed E-state index contributed by atoms with van der Waals surface area (Å²) in [5, 5.41) is 14.6. The van der Waals surface area contributed by atoms with Gasteiger partial charge in [-0.3, -0.25) is 0 Å². The van der Waals surface area contributed by atoms with E-state index in [0.29, 0.717) is 11.6 Å². The Bertz CT molecular complexity index is 607. The van der Waals surface area contributed by atoms with Crippen molar-refractivity contribution in [3.8, 4) is 16.6 Å². The summed E-state index contributed by atoms with van der Waals surface area (Å²) in [5.41, 5.74) is 2.67. The number of pyridine rings is 1. The number of hydrogen-bond acceptors (Lipinski definition) is 4. The summed E-state index contributed by atoms with van der Waals surface area (Å²) in [6, 6.07) is 8.73. The van der Waals surface area contributed by atoms with Gasteiger partial charge in [0.15, 0.2) is 0 Å². The standard InChI is InChI=1S/C14H13N3S/c1-9-7-10(8-15)14(16-11-4-5-11)17-13(9)12-3-2-6-18-12/h2-3,6-7,11H,4-5H2,1H3,(H,16,17). The first kappa shape index (κ1) is 11.2. The summed E-state index contributed by atoms with van der Waals surface area (Å²) in [4.78, 5) is 5.79. The van der Waals surface area contributed by atoms with Crippen LogP contribution in [0.5, 0.6) is 0 Å². The van der Waals surface area contributed by atoms with Gasteiger partial charge in [-0.25, -0.2) is 4.98 Å². The molecule has 2 aromatic rings. The molecule has 18 heavy (non-hydrogen) atoms. The van der Waals surface area contributed by atoms with Crippen LogP contribution < -0.4 is 5.32 Å². The van der Waals surface area contributed by atoms with Crippen molar-refractivity contribution in [1.29, 1.82) is 5.26 Å². The van der Waals surface area contributed by atoms with E-state index in [1.165, 1.54) is 12.8 Å². The summed E-state index contributed by atoms with van der Waals surface area (Å²) < 4.78 is 0. The maximum absolute atomic E-state index is 9.17. The van der Waals surface area contributed by atoms with Crippen molar-refractivity contribution in [3.05, 3.63) is 34.7 Å². The van der Waals surface area contributed by atoms with E-state index in [1.807, 2.05) is 24.4 Å². The third-order valence-corrected chi connectivity index (χ3v) is 3.88. The average molecular weight is 255 g/mol. The number of nitriles is 1. The predicted octanol–water partition coefficient (Wildman–Crippen LogP) is 3.56. The van der Waals surface area contributed by atoms with E-state index in [2.05, 4.69) is 22.4 Å². The Morgan fingerprint density at radius 1 is 1.50 bits per heavy atom. The maximum atomic E-state index is 9.17. The molecule has 90 valence electrons. The normalized spacial score (nSPS) is 14.2. The number of nitrogens with one attached hydrogen (secondary N) is 1. The van der Waals surface area contributed by atoms with Crippen molar-refractivity contribution in [2.24, 2.45) is 0 Å². The van der Waals surface area contributed by atoms with Crippen molar-refractivity contribution < 1.29 is 0 Å². The molecule has 1 aliphatic rings. The van der Waals surface area contributed by atoms with Gasteiger partial charge in [-0.2, -0.15) is 5.26 Å². The highest BCUT2D eigenvalue weighted by atomic mass is 32.1. The van der Waals surface area contributed by atoms with Gasteiger partial charge in [0, 0.05) is 6.04 Å². The van der Waals surface area contributed by atoms with Crippen LogP contribution in [0.15, 0.2) is 23.6 Å². The average Bonchev–Trinajstić information content (AvgIpc) is 3.02. The van der Waals surface area contributed by atoms with Crippen LogP contribution in [0.4, 0.5) is 5.82 Å². The number of aryl methyl sites for hydroxylation is 1. The van der Waals surface area contributed by atoms with Crippen LogP contribution in [0.3, 0.4) is 0 Å². The third-order valence-electron chi connectivity index (χ3n) is 3.01. The van der Waals surface area contributed by atoms with E-state index in [0.717, 1.165) is 22.0 Å². The van der Waals surface area contributed by atoms with Crippen LogP contribution in [-0.4, -0.2) is 11.0 Å². The molecule has 0 unspecified atom stereocenters. The molecule has 0 aliphatic heterocycles. The quantitative estimate of drug-likeness (QED) is 0.912. The van der Waals surface area contributed by atoms with Gasteiger partial charge in [0.2, 0.25) is 0 Å². The van der Waals surface area contributed by atoms with Crippen molar-refractivity contribution in [2.45, 2.75) is 25.8 Å². The van der Waals surface area contributed by atoms with Crippen molar-refractivity contribution in [3.63, 3.8) is 0 Å².